The van der Waals surface area contributed by atoms with Gasteiger partial charge in [-0.15, -0.1) is 0 Å². The van der Waals surface area contributed by atoms with E-state index in [-0.39, 0.29) is 47.0 Å². The minimum absolute atomic E-state index is 0. The molecule has 1 aromatic heterocycles. The molecule has 4 heterocycles. The van der Waals surface area contributed by atoms with Crippen LogP contribution >= 0.6 is 23.2 Å². The van der Waals surface area contributed by atoms with Crippen LogP contribution in [0.2, 0.25) is 10.2 Å². The van der Waals surface area contributed by atoms with Crippen LogP contribution < -0.4 is 21.7 Å². The van der Waals surface area contributed by atoms with Gasteiger partial charge < -0.3 is 21.1 Å². The van der Waals surface area contributed by atoms with Gasteiger partial charge in [-0.25, -0.2) is 9.37 Å². The first-order valence-electron chi connectivity index (χ1n) is 17.3. The number of nitrogens with one attached hydrogen (secondary N) is 3. The Bertz CT molecular complexity index is 2030. The molecule has 3 amide bonds. The van der Waals surface area contributed by atoms with Crippen LogP contribution in [0.5, 0.6) is 0 Å². The number of aromatic nitrogens is 1. The monoisotopic (exact) mass is 805 g/mol. The predicted molar refractivity (Wildman–Crippen MR) is 203 cm³/mol. The van der Waals surface area contributed by atoms with Gasteiger partial charge in [0.1, 0.15) is 11.5 Å². The van der Waals surface area contributed by atoms with E-state index in [1.54, 1.807) is 24.3 Å². The number of hydrogen-bond acceptors (Lipinski definition) is 8. The fraction of sp³-hybridized carbons (Fsp3) is 0.474. The number of amides is 3. The number of hydrogen-bond donors (Lipinski definition) is 5. The van der Waals surface area contributed by atoms with Crippen LogP contribution in [0.1, 0.15) is 82.4 Å². The molecule has 7 rings (SSSR count). The Hall–Kier alpha value is -3.66. The van der Waals surface area contributed by atoms with Crippen molar-refractivity contribution >= 4 is 56.7 Å². The molecule has 2 saturated heterocycles. The Morgan fingerprint density at radius 1 is 1.06 bits per heavy atom. The Morgan fingerprint density at radius 3 is 2.31 bits per heavy atom. The highest BCUT2D eigenvalue weighted by Crippen LogP contribution is 2.64. The zero-order valence-electron chi connectivity index (χ0n) is 29.4. The van der Waals surface area contributed by atoms with Gasteiger partial charge in [-0.05, 0) is 92.3 Å². The maximum absolute atomic E-state index is 16.0. The van der Waals surface area contributed by atoms with E-state index >= 15 is 4.39 Å². The summed E-state index contributed by atoms with van der Waals surface area (Å²) in [6.45, 7) is 6.33. The zero-order valence-corrected chi connectivity index (χ0v) is 31.7. The second-order valence-electron chi connectivity index (χ2n) is 15.1. The van der Waals surface area contributed by atoms with Gasteiger partial charge in [0.05, 0.1) is 23.6 Å². The van der Waals surface area contributed by atoms with Crippen molar-refractivity contribution in [2.75, 3.05) is 11.9 Å². The van der Waals surface area contributed by atoms with Crippen molar-refractivity contribution in [2.24, 2.45) is 11.1 Å². The second kappa shape index (κ2) is 15.5. The fourth-order valence-corrected chi connectivity index (χ4v) is 9.24. The molecule has 3 fully saturated rings. The number of nitrogens with zero attached hydrogens (tertiary/aromatic N) is 1. The first-order chi connectivity index (χ1) is 24.9. The van der Waals surface area contributed by atoms with Crippen LogP contribution in [-0.2, 0) is 34.7 Å². The van der Waals surface area contributed by atoms with E-state index < -0.39 is 56.8 Å². The molecule has 1 saturated carbocycles. The molecule has 0 radical (unpaired) electrons. The quantitative estimate of drug-likeness (QED) is 0.156. The van der Waals surface area contributed by atoms with Gasteiger partial charge in [0.15, 0.2) is 11.0 Å². The van der Waals surface area contributed by atoms with Crippen molar-refractivity contribution in [3.63, 3.8) is 0 Å². The maximum Gasteiger partial charge on any atom is 0.294 e. The third-order valence-corrected chi connectivity index (χ3v) is 12.6. The molecule has 4 aliphatic rings. The van der Waals surface area contributed by atoms with E-state index in [4.69, 9.17) is 38.2 Å². The summed E-state index contributed by atoms with van der Waals surface area (Å²) in [4.78, 5) is 44.1. The Morgan fingerprint density at radius 2 is 1.72 bits per heavy atom. The number of carbonyl (C=O) groups excluding carboxylic acids is 3. The molecule has 6 N–H and O–H groups in total. The highest BCUT2D eigenvalue weighted by Gasteiger charge is 2.73. The molecular formula is C38H46Cl2FN5O7S. The number of nitrogens with two attached hydrogens (primary N) is 1. The van der Waals surface area contributed by atoms with Gasteiger partial charge in [-0.1, -0.05) is 68.2 Å². The first-order valence-corrected chi connectivity index (χ1v) is 19.5. The van der Waals surface area contributed by atoms with Crippen LogP contribution in [0.3, 0.4) is 0 Å². The lowest BCUT2D eigenvalue weighted by Gasteiger charge is -2.50. The third-order valence-electron chi connectivity index (χ3n) is 11.2. The van der Waals surface area contributed by atoms with E-state index in [0.717, 1.165) is 18.4 Å². The number of fused-ring (bicyclic) bond motifs is 3. The Labute approximate surface area is 324 Å². The summed E-state index contributed by atoms with van der Waals surface area (Å²) in [5.74, 6) is -2.99. The van der Waals surface area contributed by atoms with E-state index in [1.807, 2.05) is 13.0 Å². The number of benzene rings is 2. The summed E-state index contributed by atoms with van der Waals surface area (Å²) in [6.07, 6.45) is 4.31. The lowest BCUT2D eigenvalue weighted by molar-refractivity contribution is -0.134. The van der Waals surface area contributed by atoms with E-state index in [2.05, 4.69) is 34.8 Å². The summed E-state index contributed by atoms with van der Waals surface area (Å²) >= 11 is 12.5. The van der Waals surface area contributed by atoms with Crippen LogP contribution in [-0.4, -0.2) is 66.0 Å². The van der Waals surface area contributed by atoms with Crippen molar-refractivity contribution in [1.29, 1.82) is 0 Å². The summed E-state index contributed by atoms with van der Waals surface area (Å²) < 4.78 is 51.1. The molecule has 5 atom stereocenters. The largest absolute Gasteiger partial charge is 0.367 e. The molecule has 16 heteroatoms. The fourth-order valence-electron chi connectivity index (χ4n) is 8.42. The Balaban J connectivity index is 0.000000403. The average molecular weight is 807 g/mol. The third kappa shape index (κ3) is 7.61. The Kier molecular flexibility index (Phi) is 11.9. The number of aryl methyl sites for hydroxylation is 1. The molecule has 0 unspecified atom stereocenters. The molecule has 3 aliphatic heterocycles. The summed E-state index contributed by atoms with van der Waals surface area (Å²) in [5, 5.41) is 9.81. The van der Waals surface area contributed by atoms with E-state index in [9.17, 15) is 22.8 Å². The molecule has 292 valence electrons. The van der Waals surface area contributed by atoms with Crippen molar-refractivity contribution in [1.82, 2.24) is 15.6 Å². The summed E-state index contributed by atoms with van der Waals surface area (Å²) in [7, 11) is -4.02. The molecule has 3 aromatic rings. The highest BCUT2D eigenvalue weighted by atomic mass is 35.5. The van der Waals surface area contributed by atoms with Crippen molar-refractivity contribution in [2.45, 2.75) is 107 Å². The van der Waals surface area contributed by atoms with Crippen molar-refractivity contribution < 1.29 is 36.5 Å². The van der Waals surface area contributed by atoms with Gasteiger partial charge >= 0.3 is 0 Å². The lowest BCUT2D eigenvalue weighted by atomic mass is 9.53. The summed E-state index contributed by atoms with van der Waals surface area (Å²) in [5.41, 5.74) is 5.50. The van der Waals surface area contributed by atoms with Gasteiger partial charge in [0, 0.05) is 28.4 Å². The molecule has 1 aliphatic carbocycles. The molecule has 2 spiro atoms. The number of rotatable bonds is 5. The van der Waals surface area contributed by atoms with Crippen molar-refractivity contribution in [3.05, 3.63) is 87.4 Å². The van der Waals surface area contributed by atoms with E-state index in [1.165, 1.54) is 24.4 Å². The minimum atomic E-state index is -4.02. The van der Waals surface area contributed by atoms with Gasteiger partial charge in [-0.2, -0.15) is 8.42 Å². The number of pyridine rings is 1. The smallest absolute Gasteiger partial charge is 0.294 e. The number of ether oxygens (including phenoxy) is 1. The summed E-state index contributed by atoms with van der Waals surface area (Å²) in [6, 6.07) is 11.3. The highest BCUT2D eigenvalue weighted by molar-refractivity contribution is 7.85. The number of carbonyl (C=O) groups is 3. The molecule has 12 nitrogen and oxygen atoms in total. The van der Waals surface area contributed by atoms with Crippen molar-refractivity contribution in [3.8, 4) is 0 Å². The topological polar surface area (TPSA) is 190 Å². The van der Waals surface area contributed by atoms with Crippen LogP contribution in [0.4, 0.5) is 10.1 Å². The number of halogens is 3. The zero-order chi connectivity index (χ0) is 38.5. The molecule has 2 aromatic carbocycles. The van der Waals surface area contributed by atoms with Gasteiger partial charge in [-0.3, -0.25) is 24.3 Å². The molecular weight excluding hydrogens is 760 g/mol. The average Bonchev–Trinajstić information content (AvgIpc) is 3.55. The predicted octanol–water partition coefficient (Wildman–Crippen LogP) is 5.84. The maximum atomic E-state index is 16.0. The van der Waals surface area contributed by atoms with Crippen LogP contribution in [0.15, 0.2) is 59.6 Å². The van der Waals surface area contributed by atoms with Crippen LogP contribution in [0.25, 0.3) is 0 Å². The SMILES string of the molecule is C.CC1(C)CCC2(CC1)N[C@@H](C(=O)N[C@@H]1CC[C@@H](C(N)=O)OC1)[C@H](c1ccnc(Cl)c1F)[C@]21C(=O)Nc2cc(Cl)ccc21.Cc1ccc(S(=O)(=O)O)cc1. The lowest BCUT2D eigenvalue weighted by Crippen LogP contribution is -2.61. The standard InChI is InChI=1S/C30H34Cl2FN5O4.C7H8O3S.CH4/c1-28(2)8-10-29(11-9-28)30(18-5-3-15(31)13-19(18)37-27(30)41)21(17-7-12-35-24(32)22(17)33)23(38-29)26(40)36-16-4-6-20(25(34)39)42-14-16;1-6-2-4-7(5-3-6)11(8,9)10;/h3,5,7,12-13,16,20-21,23,38H,4,6,8-11,14H2,1-2H3,(H2,34,39)(H,36,40)(H,37,41);2-5H,1H3,(H,8,9,10);1H4/t16-,20+,21+,23-,30-;;/m1../s1. The second-order valence-corrected chi connectivity index (χ2v) is 17.3. The normalized spacial score (nSPS) is 26.5. The van der Waals surface area contributed by atoms with Crippen LogP contribution in [0, 0.1) is 18.2 Å². The minimum Gasteiger partial charge on any atom is -0.367 e. The number of primary amides is 1. The van der Waals surface area contributed by atoms with Gasteiger partial charge in [0.25, 0.3) is 10.1 Å². The van der Waals surface area contributed by atoms with Gasteiger partial charge in [0.2, 0.25) is 17.7 Å². The molecule has 54 heavy (non-hydrogen) atoms. The molecule has 0 bridgehead atoms. The number of anilines is 1. The first kappa shape index (κ1) is 41.5. The van der Waals surface area contributed by atoms with E-state index in [0.29, 0.717) is 42.0 Å².